The van der Waals surface area contributed by atoms with Gasteiger partial charge >= 0.3 is 6.09 Å². The highest BCUT2D eigenvalue weighted by molar-refractivity contribution is 7.86. The van der Waals surface area contributed by atoms with Crippen LogP contribution in [0.15, 0.2) is 30.3 Å². The lowest BCUT2D eigenvalue weighted by Crippen LogP contribution is -2.57. The summed E-state index contributed by atoms with van der Waals surface area (Å²) in [6.45, 7) is 4.84. The molecule has 13 heteroatoms. The standard InChI is InChI=1S/C18H26N8O4S/c1-2-30-18(27)23-10-14-25(15-11-23)31(28,29)24-12-8-22(9-13-24)17-19-20-21-26(17)16-6-4-3-5-7-16/h3-7H,2,8-15H2,1H3. The summed E-state index contributed by atoms with van der Waals surface area (Å²) in [6.07, 6.45) is -0.399. The molecule has 4 rings (SSSR count). The molecule has 0 spiro atoms. The zero-order chi connectivity index (χ0) is 21.8. The number of rotatable bonds is 5. The average Bonchev–Trinajstić information content (AvgIpc) is 3.30. The van der Waals surface area contributed by atoms with Gasteiger partial charge in [0.2, 0.25) is 5.95 Å². The lowest BCUT2D eigenvalue weighted by Gasteiger charge is -2.39. The van der Waals surface area contributed by atoms with Gasteiger partial charge in [0, 0.05) is 52.4 Å². The number of para-hydroxylation sites is 1. The quantitative estimate of drug-likeness (QED) is 0.615. The first-order valence-corrected chi connectivity index (χ1v) is 11.7. The summed E-state index contributed by atoms with van der Waals surface area (Å²) in [5, 5.41) is 12.0. The highest BCUT2D eigenvalue weighted by Gasteiger charge is 2.36. The first-order chi connectivity index (χ1) is 15.0. The van der Waals surface area contributed by atoms with Crippen molar-refractivity contribution in [3.63, 3.8) is 0 Å². The third-order valence-corrected chi connectivity index (χ3v) is 7.43. The van der Waals surface area contributed by atoms with Crippen molar-refractivity contribution in [2.75, 3.05) is 63.9 Å². The third kappa shape index (κ3) is 4.48. The fourth-order valence-electron chi connectivity index (χ4n) is 3.71. The number of aromatic nitrogens is 4. The number of hydrogen-bond acceptors (Lipinski definition) is 8. The van der Waals surface area contributed by atoms with Crippen molar-refractivity contribution >= 4 is 22.3 Å². The lowest BCUT2D eigenvalue weighted by molar-refractivity contribution is 0.0923. The number of anilines is 1. The molecule has 0 bridgehead atoms. The van der Waals surface area contributed by atoms with Crippen LogP contribution in [-0.2, 0) is 14.9 Å². The van der Waals surface area contributed by atoms with Gasteiger partial charge in [-0.25, -0.2) is 4.79 Å². The van der Waals surface area contributed by atoms with Crippen LogP contribution in [0, 0.1) is 0 Å². The van der Waals surface area contributed by atoms with Crippen LogP contribution in [0.5, 0.6) is 0 Å². The van der Waals surface area contributed by atoms with E-state index in [1.54, 1.807) is 11.6 Å². The molecule has 2 aromatic rings. The Balaban J connectivity index is 1.36. The topological polar surface area (TPSA) is 117 Å². The van der Waals surface area contributed by atoms with Crippen LogP contribution in [0.4, 0.5) is 10.7 Å². The van der Waals surface area contributed by atoms with Crippen molar-refractivity contribution in [1.82, 2.24) is 33.7 Å². The molecule has 1 amide bonds. The highest BCUT2D eigenvalue weighted by atomic mass is 32.2. The summed E-state index contributed by atoms with van der Waals surface area (Å²) in [4.78, 5) is 15.4. The molecular formula is C18H26N8O4S. The van der Waals surface area contributed by atoms with E-state index in [9.17, 15) is 13.2 Å². The van der Waals surface area contributed by atoms with E-state index >= 15 is 0 Å². The molecule has 31 heavy (non-hydrogen) atoms. The van der Waals surface area contributed by atoms with Crippen molar-refractivity contribution in [2.45, 2.75) is 6.92 Å². The van der Waals surface area contributed by atoms with Crippen molar-refractivity contribution in [1.29, 1.82) is 0 Å². The first kappa shape index (κ1) is 21.5. The number of benzene rings is 1. The van der Waals surface area contributed by atoms with E-state index in [2.05, 4.69) is 15.5 Å². The zero-order valence-corrected chi connectivity index (χ0v) is 18.2. The lowest BCUT2D eigenvalue weighted by atomic mass is 10.3. The second kappa shape index (κ2) is 9.16. The fraction of sp³-hybridized carbons (Fsp3) is 0.556. The summed E-state index contributed by atoms with van der Waals surface area (Å²) in [6, 6.07) is 9.57. The van der Waals surface area contributed by atoms with Crippen LogP contribution in [0.1, 0.15) is 6.92 Å². The van der Waals surface area contributed by atoms with Gasteiger partial charge in [-0.05, 0) is 29.5 Å². The Morgan fingerprint density at radius 1 is 0.968 bits per heavy atom. The Hall–Kier alpha value is -2.77. The molecule has 168 valence electrons. The molecule has 0 atom stereocenters. The van der Waals surface area contributed by atoms with E-state index in [4.69, 9.17) is 4.74 Å². The normalized spacial score (nSPS) is 18.9. The monoisotopic (exact) mass is 450 g/mol. The number of ether oxygens (including phenoxy) is 1. The van der Waals surface area contributed by atoms with Crippen LogP contribution in [0.2, 0.25) is 0 Å². The number of amides is 1. The second-order valence-corrected chi connectivity index (χ2v) is 9.13. The number of tetrazole rings is 1. The molecule has 2 aliphatic rings. The zero-order valence-electron chi connectivity index (χ0n) is 17.4. The number of carbonyl (C=O) groups is 1. The minimum atomic E-state index is -3.60. The maximum absolute atomic E-state index is 13.1. The molecular weight excluding hydrogens is 424 g/mol. The molecule has 1 aromatic heterocycles. The average molecular weight is 451 g/mol. The van der Waals surface area contributed by atoms with Crippen molar-refractivity contribution in [3.05, 3.63) is 30.3 Å². The predicted octanol–water partition coefficient (Wildman–Crippen LogP) is -0.197. The smallest absolute Gasteiger partial charge is 0.409 e. The van der Waals surface area contributed by atoms with Crippen molar-refractivity contribution in [3.8, 4) is 5.69 Å². The number of piperazine rings is 2. The minimum absolute atomic E-state index is 0.258. The summed E-state index contributed by atoms with van der Waals surface area (Å²) < 4.78 is 35.7. The van der Waals surface area contributed by atoms with Gasteiger partial charge in [0.05, 0.1) is 12.3 Å². The van der Waals surface area contributed by atoms with Crippen molar-refractivity contribution in [2.24, 2.45) is 0 Å². The van der Waals surface area contributed by atoms with E-state index in [0.29, 0.717) is 51.8 Å². The maximum Gasteiger partial charge on any atom is 0.409 e. The van der Waals surface area contributed by atoms with E-state index in [1.807, 2.05) is 35.2 Å². The Labute approximate surface area is 181 Å². The van der Waals surface area contributed by atoms with Gasteiger partial charge in [-0.3, -0.25) is 0 Å². The molecule has 0 N–H and O–H groups in total. The molecule has 3 heterocycles. The van der Waals surface area contributed by atoms with Gasteiger partial charge in [-0.1, -0.05) is 23.3 Å². The van der Waals surface area contributed by atoms with Gasteiger partial charge in [0.1, 0.15) is 0 Å². The number of carbonyl (C=O) groups excluding carboxylic acids is 1. The van der Waals surface area contributed by atoms with Gasteiger partial charge in [-0.15, -0.1) is 0 Å². The Morgan fingerprint density at radius 3 is 2.19 bits per heavy atom. The van der Waals surface area contributed by atoms with Gasteiger partial charge in [0.15, 0.2) is 0 Å². The van der Waals surface area contributed by atoms with Crippen LogP contribution in [-0.4, -0.2) is 107 Å². The maximum atomic E-state index is 13.1. The van der Waals surface area contributed by atoms with Crippen LogP contribution in [0.3, 0.4) is 0 Å². The summed E-state index contributed by atoms with van der Waals surface area (Å²) >= 11 is 0. The van der Waals surface area contributed by atoms with Crippen molar-refractivity contribution < 1.29 is 17.9 Å². The summed E-state index contributed by atoms with van der Waals surface area (Å²) in [5.41, 5.74) is 0.844. The molecule has 0 saturated carbocycles. The van der Waals surface area contributed by atoms with Crippen LogP contribution in [0.25, 0.3) is 5.69 Å². The van der Waals surface area contributed by atoms with Gasteiger partial charge in [0.25, 0.3) is 10.2 Å². The van der Waals surface area contributed by atoms with Gasteiger partial charge in [-0.2, -0.15) is 21.7 Å². The third-order valence-electron chi connectivity index (χ3n) is 5.39. The van der Waals surface area contributed by atoms with E-state index in [-0.39, 0.29) is 13.1 Å². The Bertz CT molecular complexity index is 983. The molecule has 12 nitrogen and oxygen atoms in total. The highest BCUT2D eigenvalue weighted by Crippen LogP contribution is 2.20. The summed E-state index contributed by atoms with van der Waals surface area (Å²) in [5.74, 6) is 0.589. The van der Waals surface area contributed by atoms with Crippen LogP contribution >= 0.6 is 0 Å². The van der Waals surface area contributed by atoms with Gasteiger partial charge < -0.3 is 14.5 Å². The van der Waals surface area contributed by atoms with Crippen LogP contribution < -0.4 is 4.90 Å². The molecule has 2 fully saturated rings. The van der Waals surface area contributed by atoms with E-state index in [0.717, 1.165) is 5.69 Å². The second-order valence-electron chi connectivity index (χ2n) is 7.21. The number of hydrogen-bond donors (Lipinski definition) is 0. The van der Waals surface area contributed by atoms with E-state index < -0.39 is 16.3 Å². The minimum Gasteiger partial charge on any atom is -0.450 e. The Kier molecular flexibility index (Phi) is 6.34. The Morgan fingerprint density at radius 2 is 1.58 bits per heavy atom. The number of nitrogens with zero attached hydrogens (tertiary/aromatic N) is 8. The molecule has 0 unspecified atom stereocenters. The molecule has 0 aliphatic carbocycles. The molecule has 0 radical (unpaired) electrons. The molecule has 1 aromatic carbocycles. The molecule has 2 saturated heterocycles. The fourth-order valence-corrected chi connectivity index (χ4v) is 5.29. The summed E-state index contributed by atoms with van der Waals surface area (Å²) in [7, 11) is -3.60. The predicted molar refractivity (Wildman–Crippen MR) is 112 cm³/mol. The molecule has 2 aliphatic heterocycles. The van der Waals surface area contributed by atoms with E-state index in [1.165, 1.54) is 13.5 Å². The largest absolute Gasteiger partial charge is 0.450 e. The SMILES string of the molecule is CCOC(=O)N1CCN(S(=O)(=O)N2CCN(c3nnnn3-c3ccccc3)CC2)CC1. The first-order valence-electron chi connectivity index (χ1n) is 10.3.